The molecule has 3 heterocycles. The number of nitrogens with zero attached hydrogens (tertiary/aromatic N) is 3. The highest BCUT2D eigenvalue weighted by molar-refractivity contribution is 6.18. The highest BCUT2D eigenvalue weighted by Gasteiger charge is 2.20. The fourth-order valence-corrected chi connectivity index (χ4v) is 4.28. The Bertz CT molecular complexity index is 1330. The third-order valence-corrected chi connectivity index (χ3v) is 6.19. The van der Waals surface area contributed by atoms with Crippen molar-refractivity contribution in [3.05, 3.63) is 83.8 Å². The van der Waals surface area contributed by atoms with Crippen molar-refractivity contribution in [2.45, 2.75) is 18.9 Å². The molecule has 4 aromatic rings. The number of carbonyl (C=O) groups excluding carboxylic acids is 2. The van der Waals surface area contributed by atoms with E-state index in [0.717, 1.165) is 25.9 Å². The van der Waals surface area contributed by atoms with Crippen molar-refractivity contribution in [2.75, 3.05) is 25.5 Å². The Morgan fingerprint density at radius 1 is 1.00 bits per heavy atom. The van der Waals surface area contributed by atoms with Gasteiger partial charge in [0.2, 0.25) is 0 Å². The Morgan fingerprint density at radius 2 is 1.76 bits per heavy atom. The van der Waals surface area contributed by atoms with Gasteiger partial charge in [-0.25, -0.2) is 9.97 Å². The Labute approximate surface area is 197 Å². The minimum Gasteiger partial charge on any atom is -0.349 e. The maximum atomic E-state index is 13.1. The van der Waals surface area contributed by atoms with Crippen molar-refractivity contribution in [2.24, 2.45) is 0 Å². The van der Waals surface area contributed by atoms with E-state index in [-0.39, 0.29) is 17.7 Å². The number of H-pyrrole nitrogens is 1. The van der Waals surface area contributed by atoms with Gasteiger partial charge in [0, 0.05) is 29.1 Å². The van der Waals surface area contributed by atoms with E-state index in [1.54, 1.807) is 30.5 Å². The molecule has 34 heavy (non-hydrogen) atoms. The topological polar surface area (TPSA) is 103 Å². The van der Waals surface area contributed by atoms with Gasteiger partial charge >= 0.3 is 0 Å². The summed E-state index contributed by atoms with van der Waals surface area (Å²) in [5.74, 6) is 0.294. The smallest absolute Gasteiger partial charge is 0.251 e. The number of piperidine rings is 1. The van der Waals surface area contributed by atoms with Crippen LogP contribution in [0.2, 0.25) is 0 Å². The number of rotatable bonds is 6. The van der Waals surface area contributed by atoms with Crippen molar-refractivity contribution in [1.29, 1.82) is 0 Å². The molecule has 0 radical (unpaired) electrons. The number of ketones is 1. The fourth-order valence-electron chi connectivity index (χ4n) is 4.28. The van der Waals surface area contributed by atoms with E-state index in [1.165, 1.54) is 6.33 Å². The number of aromatic amines is 1. The third-order valence-electron chi connectivity index (χ3n) is 6.19. The van der Waals surface area contributed by atoms with Gasteiger partial charge in [-0.2, -0.15) is 0 Å². The maximum absolute atomic E-state index is 13.1. The molecule has 1 fully saturated rings. The number of hydrogen-bond acceptors (Lipinski definition) is 6. The molecule has 5 rings (SSSR count). The van der Waals surface area contributed by atoms with E-state index in [0.29, 0.717) is 39.2 Å². The van der Waals surface area contributed by atoms with Crippen LogP contribution in [0.5, 0.6) is 0 Å². The van der Waals surface area contributed by atoms with Gasteiger partial charge in [-0.1, -0.05) is 36.4 Å². The predicted octanol–water partition coefficient (Wildman–Crippen LogP) is 3.76. The molecule has 2 aromatic carbocycles. The van der Waals surface area contributed by atoms with Crippen LogP contribution in [0.25, 0.3) is 11.0 Å². The molecule has 0 aliphatic carbocycles. The first-order valence-corrected chi connectivity index (χ1v) is 11.4. The summed E-state index contributed by atoms with van der Waals surface area (Å²) in [6, 6.07) is 16.6. The van der Waals surface area contributed by atoms with Crippen LogP contribution in [0.1, 0.15) is 39.1 Å². The molecule has 1 saturated heterocycles. The number of carbonyl (C=O) groups is 2. The van der Waals surface area contributed by atoms with Crippen LogP contribution < -0.4 is 10.6 Å². The van der Waals surface area contributed by atoms with E-state index in [2.05, 4.69) is 37.5 Å². The van der Waals surface area contributed by atoms with Crippen molar-refractivity contribution in [3.63, 3.8) is 0 Å². The second kappa shape index (κ2) is 9.44. The van der Waals surface area contributed by atoms with Crippen LogP contribution in [-0.2, 0) is 0 Å². The molecule has 0 atom stereocenters. The summed E-state index contributed by atoms with van der Waals surface area (Å²) in [5.41, 5.74) is 2.92. The molecular weight excluding hydrogens is 428 g/mol. The number of fused-ring (bicyclic) bond motifs is 1. The highest BCUT2D eigenvalue weighted by Crippen LogP contribution is 2.28. The van der Waals surface area contributed by atoms with Gasteiger partial charge in [0.15, 0.2) is 5.78 Å². The third kappa shape index (κ3) is 4.53. The maximum Gasteiger partial charge on any atom is 0.251 e. The summed E-state index contributed by atoms with van der Waals surface area (Å²) < 4.78 is 0. The van der Waals surface area contributed by atoms with Crippen molar-refractivity contribution >= 4 is 34.2 Å². The summed E-state index contributed by atoms with van der Waals surface area (Å²) in [6.45, 7) is 1.97. The minimum atomic E-state index is -0.115. The summed E-state index contributed by atoms with van der Waals surface area (Å²) >= 11 is 0. The lowest BCUT2D eigenvalue weighted by Crippen LogP contribution is -2.43. The molecule has 0 saturated carbocycles. The van der Waals surface area contributed by atoms with Gasteiger partial charge in [-0.3, -0.25) is 9.59 Å². The first-order chi connectivity index (χ1) is 16.6. The highest BCUT2D eigenvalue weighted by atomic mass is 16.1. The van der Waals surface area contributed by atoms with E-state index in [1.807, 2.05) is 30.3 Å². The van der Waals surface area contributed by atoms with Crippen molar-refractivity contribution in [1.82, 2.24) is 25.2 Å². The molecule has 3 N–H and O–H groups in total. The molecular formula is C26H26N6O2. The molecule has 8 nitrogen and oxygen atoms in total. The van der Waals surface area contributed by atoms with Crippen LogP contribution in [0.4, 0.5) is 11.5 Å². The van der Waals surface area contributed by atoms with Crippen LogP contribution in [0, 0.1) is 0 Å². The van der Waals surface area contributed by atoms with Gasteiger partial charge in [0.05, 0.1) is 10.9 Å². The Morgan fingerprint density at radius 3 is 2.56 bits per heavy atom. The molecule has 2 aromatic heterocycles. The van der Waals surface area contributed by atoms with Crippen LogP contribution in [0.15, 0.2) is 67.1 Å². The number of nitrogens with one attached hydrogen (secondary N) is 3. The Kier molecular flexibility index (Phi) is 6.05. The monoisotopic (exact) mass is 454 g/mol. The number of hydrogen-bond donors (Lipinski definition) is 3. The van der Waals surface area contributed by atoms with Crippen molar-refractivity contribution < 1.29 is 9.59 Å². The van der Waals surface area contributed by atoms with E-state index >= 15 is 0 Å². The van der Waals surface area contributed by atoms with Gasteiger partial charge in [0.25, 0.3) is 5.91 Å². The molecule has 0 spiro atoms. The van der Waals surface area contributed by atoms with Crippen LogP contribution >= 0.6 is 0 Å². The van der Waals surface area contributed by atoms with E-state index < -0.39 is 0 Å². The average molecular weight is 455 g/mol. The zero-order chi connectivity index (χ0) is 23.5. The quantitative estimate of drug-likeness (QED) is 0.384. The average Bonchev–Trinajstić information content (AvgIpc) is 3.31. The lowest BCUT2D eigenvalue weighted by Gasteiger charge is -2.29. The lowest BCUT2D eigenvalue weighted by atomic mass is 10.0. The Hall–Kier alpha value is -4.04. The summed E-state index contributed by atoms with van der Waals surface area (Å²) in [7, 11) is 2.10. The fraction of sp³-hybridized carbons (Fsp3) is 0.231. The molecule has 1 aliphatic rings. The largest absolute Gasteiger partial charge is 0.349 e. The SMILES string of the molecule is CN1CCC(NC(=O)c2cccc(Nc3ncnc4[nH]cc(C(=O)c5ccccc5)c34)c2)CC1. The van der Waals surface area contributed by atoms with Gasteiger partial charge in [-0.05, 0) is 51.2 Å². The number of benzene rings is 2. The lowest BCUT2D eigenvalue weighted by molar-refractivity contribution is 0.0916. The number of aromatic nitrogens is 3. The summed E-state index contributed by atoms with van der Waals surface area (Å²) in [4.78, 5) is 40.0. The first kappa shape index (κ1) is 21.8. The number of anilines is 2. The molecule has 1 amide bonds. The van der Waals surface area contributed by atoms with Gasteiger partial charge in [-0.15, -0.1) is 0 Å². The predicted molar refractivity (Wildman–Crippen MR) is 131 cm³/mol. The van der Waals surface area contributed by atoms with Crippen LogP contribution in [0.3, 0.4) is 0 Å². The number of amides is 1. The minimum absolute atomic E-state index is 0.0902. The van der Waals surface area contributed by atoms with E-state index in [4.69, 9.17) is 0 Å². The van der Waals surface area contributed by atoms with Crippen molar-refractivity contribution in [3.8, 4) is 0 Å². The Balaban J connectivity index is 1.39. The molecule has 0 unspecified atom stereocenters. The standard InChI is InChI=1S/C26H26N6O2/c1-32-12-10-19(11-13-32)31-26(34)18-8-5-9-20(14-18)30-25-22-21(15-27-24(22)28-16-29-25)23(33)17-6-3-2-4-7-17/h2-9,14-16,19H,10-13H2,1H3,(H,31,34)(H2,27,28,29,30). The zero-order valence-electron chi connectivity index (χ0n) is 18.9. The van der Waals surface area contributed by atoms with Gasteiger partial charge < -0.3 is 20.5 Å². The van der Waals surface area contributed by atoms with E-state index in [9.17, 15) is 9.59 Å². The van der Waals surface area contributed by atoms with Gasteiger partial charge in [0.1, 0.15) is 17.8 Å². The zero-order valence-corrected chi connectivity index (χ0v) is 18.9. The van der Waals surface area contributed by atoms with Crippen LogP contribution in [-0.4, -0.2) is 57.7 Å². The molecule has 0 bridgehead atoms. The molecule has 8 heteroatoms. The summed E-state index contributed by atoms with van der Waals surface area (Å²) in [6.07, 6.45) is 5.00. The first-order valence-electron chi connectivity index (χ1n) is 11.4. The second-order valence-electron chi connectivity index (χ2n) is 8.60. The normalized spacial score (nSPS) is 14.7. The second-order valence-corrected chi connectivity index (χ2v) is 8.60. The summed E-state index contributed by atoms with van der Waals surface area (Å²) in [5, 5.41) is 7.03. The molecule has 172 valence electrons. The molecule has 1 aliphatic heterocycles. The number of likely N-dealkylation sites (tertiary alicyclic amines) is 1.